The van der Waals surface area contributed by atoms with Crippen molar-refractivity contribution in [3.05, 3.63) is 16.9 Å². The average molecular weight is 576 g/mol. The monoisotopic (exact) mass is 575 g/mol. The fraction of sp³-hybridized carbons (Fsp3) is 0.720. The van der Waals surface area contributed by atoms with Gasteiger partial charge >= 0.3 is 5.97 Å². The van der Waals surface area contributed by atoms with Gasteiger partial charge in [0.1, 0.15) is 18.6 Å². The Balaban J connectivity index is 1.21. The third-order valence-corrected chi connectivity index (χ3v) is 10.2. The van der Waals surface area contributed by atoms with E-state index in [1.807, 2.05) is 25.7 Å². The molecule has 218 valence electrons. The average Bonchev–Trinajstić information content (AvgIpc) is 3.66. The lowest BCUT2D eigenvalue weighted by Crippen LogP contribution is -2.66. The lowest BCUT2D eigenvalue weighted by Gasteiger charge is -2.47. The molecule has 15 heteroatoms. The number of aromatic nitrogens is 4. The summed E-state index contributed by atoms with van der Waals surface area (Å²) in [7, 11) is 0. The van der Waals surface area contributed by atoms with Crippen LogP contribution in [0, 0.1) is 17.8 Å². The first kappa shape index (κ1) is 28.5. The lowest BCUT2D eigenvalue weighted by molar-refractivity contribution is -0.158. The van der Waals surface area contributed by atoms with Crippen molar-refractivity contribution in [3.8, 4) is 0 Å². The van der Waals surface area contributed by atoms with Crippen LogP contribution in [0.15, 0.2) is 16.9 Å². The fourth-order valence-electron chi connectivity index (χ4n) is 6.43. The minimum absolute atomic E-state index is 0.00855. The number of tetrazole rings is 1. The first-order valence-corrected chi connectivity index (χ1v) is 14.5. The summed E-state index contributed by atoms with van der Waals surface area (Å²) >= 11 is 1.45. The Labute approximate surface area is 236 Å². The number of nitrogens with two attached hydrogens (primary N) is 1. The van der Waals surface area contributed by atoms with Crippen molar-refractivity contribution in [2.45, 2.75) is 76.0 Å². The Morgan fingerprint density at radius 3 is 2.73 bits per heavy atom. The van der Waals surface area contributed by atoms with Gasteiger partial charge < -0.3 is 31.3 Å². The highest BCUT2D eigenvalue weighted by atomic mass is 32.2. The van der Waals surface area contributed by atoms with E-state index in [4.69, 9.17) is 5.73 Å². The third-order valence-electron chi connectivity index (χ3n) is 8.65. The molecule has 7 atom stereocenters. The van der Waals surface area contributed by atoms with Crippen LogP contribution in [0.25, 0.3) is 0 Å². The van der Waals surface area contributed by atoms with Gasteiger partial charge in [0, 0.05) is 47.3 Å². The molecule has 4 aliphatic rings. The molecule has 3 saturated heterocycles. The van der Waals surface area contributed by atoms with Crippen LogP contribution in [-0.2, 0) is 25.7 Å². The van der Waals surface area contributed by atoms with E-state index in [9.17, 15) is 24.3 Å². The summed E-state index contributed by atoms with van der Waals surface area (Å²) in [6.45, 7) is 9.48. The third kappa shape index (κ3) is 5.21. The molecule has 3 fully saturated rings. The zero-order valence-corrected chi connectivity index (χ0v) is 23.9. The van der Waals surface area contributed by atoms with Gasteiger partial charge in [-0.3, -0.25) is 14.4 Å². The van der Waals surface area contributed by atoms with E-state index in [0.717, 1.165) is 6.42 Å². The van der Waals surface area contributed by atoms with Crippen molar-refractivity contribution in [3.63, 3.8) is 0 Å². The van der Waals surface area contributed by atoms with Gasteiger partial charge in [-0.05, 0) is 50.0 Å². The molecule has 5 heterocycles. The molecule has 1 aromatic heterocycles. The summed E-state index contributed by atoms with van der Waals surface area (Å²) < 4.78 is 1.28. The van der Waals surface area contributed by atoms with Gasteiger partial charge in [-0.15, -0.1) is 16.9 Å². The number of thioether (sulfide) groups is 1. The molecule has 14 nitrogen and oxygen atoms in total. The molecule has 5 rings (SSSR count). The molecule has 0 spiro atoms. The van der Waals surface area contributed by atoms with E-state index < -0.39 is 17.9 Å². The van der Waals surface area contributed by atoms with Gasteiger partial charge in [0.05, 0.1) is 18.0 Å². The van der Waals surface area contributed by atoms with Crippen molar-refractivity contribution >= 4 is 35.5 Å². The van der Waals surface area contributed by atoms with E-state index in [2.05, 4.69) is 26.2 Å². The predicted molar refractivity (Wildman–Crippen MR) is 144 cm³/mol. The predicted octanol–water partition coefficient (Wildman–Crippen LogP) is -1.000. The smallest absolute Gasteiger partial charge is 0.353 e. The standard InChI is InChI=1S/C25H37N9O5S/c1-12-19-18(13(2)29-17(35)10-33-11-28-30-31-33)23(37)34(19)20(24(38)39)21(12)40-15-7-16(27-8-15)22(36)32-6-5-14(9-32)25(3,4)26/h11-16,18-19,27H,5-10,26H2,1-4H3,(H,29,35)(H,38,39)/t12-,13-,14?,15+,16+,18-,19-/m1/s1. The van der Waals surface area contributed by atoms with Crippen molar-refractivity contribution < 1.29 is 24.3 Å². The molecular weight excluding hydrogens is 538 g/mol. The maximum absolute atomic E-state index is 13.2. The lowest BCUT2D eigenvalue weighted by atomic mass is 9.78. The normalized spacial score (nSPS) is 30.9. The minimum Gasteiger partial charge on any atom is -0.477 e. The maximum Gasteiger partial charge on any atom is 0.353 e. The van der Waals surface area contributed by atoms with Gasteiger partial charge in [-0.1, -0.05) is 6.92 Å². The summed E-state index contributed by atoms with van der Waals surface area (Å²) in [5, 5.41) is 26.9. The zero-order chi connectivity index (χ0) is 28.9. The second-order valence-electron chi connectivity index (χ2n) is 11.9. The summed E-state index contributed by atoms with van der Waals surface area (Å²) in [6.07, 6.45) is 2.78. The summed E-state index contributed by atoms with van der Waals surface area (Å²) in [5.74, 6) is -2.26. The van der Waals surface area contributed by atoms with E-state index in [1.165, 1.54) is 27.7 Å². The molecule has 1 aromatic rings. The van der Waals surface area contributed by atoms with Crippen LogP contribution in [0.5, 0.6) is 0 Å². The largest absolute Gasteiger partial charge is 0.477 e. The maximum atomic E-state index is 13.2. The zero-order valence-electron chi connectivity index (χ0n) is 23.1. The molecule has 5 N–H and O–H groups in total. The number of hydrogen-bond donors (Lipinski definition) is 4. The number of amides is 3. The SMILES string of the molecule is C[C@@H](NC(=O)Cn1cnnn1)[C@H]1C(=O)N2C(C(=O)O)=C(S[C@@H]3CN[C@H](C(=O)N4CCC(C(C)(C)N)C4)C3)[C@H](C)[C@H]12. The highest BCUT2D eigenvalue weighted by Gasteiger charge is 2.60. The van der Waals surface area contributed by atoms with Crippen LogP contribution in [-0.4, -0.2) is 107 Å². The number of aliphatic carboxylic acids is 1. The van der Waals surface area contributed by atoms with E-state index in [1.54, 1.807) is 6.92 Å². The van der Waals surface area contributed by atoms with Gasteiger partial charge in [-0.2, -0.15) is 0 Å². The number of nitrogens with zero attached hydrogens (tertiary/aromatic N) is 6. The number of fused-ring (bicyclic) bond motifs is 1. The Morgan fingerprint density at radius 2 is 2.10 bits per heavy atom. The van der Waals surface area contributed by atoms with Crippen LogP contribution in [0.3, 0.4) is 0 Å². The van der Waals surface area contributed by atoms with E-state index in [0.29, 0.717) is 31.0 Å². The van der Waals surface area contributed by atoms with Crippen molar-refractivity contribution in [1.82, 2.24) is 40.6 Å². The van der Waals surface area contributed by atoms with Crippen molar-refractivity contribution in [1.29, 1.82) is 0 Å². The summed E-state index contributed by atoms with van der Waals surface area (Å²) in [5.41, 5.74) is 5.94. The van der Waals surface area contributed by atoms with Crippen LogP contribution >= 0.6 is 11.8 Å². The number of β-lactam (4-membered cyclic amide) rings is 1. The van der Waals surface area contributed by atoms with Crippen molar-refractivity contribution in [2.24, 2.45) is 23.5 Å². The highest BCUT2D eigenvalue weighted by molar-refractivity contribution is 8.03. The van der Waals surface area contributed by atoms with Crippen LogP contribution in [0.2, 0.25) is 0 Å². The number of hydrogen-bond acceptors (Lipinski definition) is 10. The van der Waals surface area contributed by atoms with Gasteiger partial charge in [0.2, 0.25) is 17.7 Å². The van der Waals surface area contributed by atoms with Crippen LogP contribution in [0.4, 0.5) is 0 Å². The van der Waals surface area contributed by atoms with Crippen molar-refractivity contribution in [2.75, 3.05) is 19.6 Å². The molecule has 0 saturated carbocycles. The number of likely N-dealkylation sites (tertiary alicyclic amines) is 1. The first-order chi connectivity index (χ1) is 18.9. The second kappa shape index (κ2) is 10.7. The molecule has 0 bridgehead atoms. The topological polar surface area (TPSA) is 189 Å². The van der Waals surface area contributed by atoms with Crippen LogP contribution in [0.1, 0.15) is 40.5 Å². The molecule has 1 unspecified atom stereocenters. The Hall–Kier alpha value is -3.04. The Morgan fingerprint density at radius 1 is 1.35 bits per heavy atom. The number of carboxylic acid groups (broad SMARTS) is 1. The molecule has 3 amide bonds. The molecular formula is C25H37N9O5S. The Kier molecular flexibility index (Phi) is 7.65. The van der Waals surface area contributed by atoms with Gasteiger partial charge in [-0.25, -0.2) is 9.48 Å². The summed E-state index contributed by atoms with van der Waals surface area (Å²) in [4.78, 5) is 55.0. The highest BCUT2D eigenvalue weighted by Crippen LogP contribution is 2.52. The molecule has 0 radical (unpaired) electrons. The van der Waals surface area contributed by atoms with E-state index >= 15 is 0 Å². The Bertz CT molecular complexity index is 1220. The van der Waals surface area contributed by atoms with Gasteiger partial charge in [0.15, 0.2) is 0 Å². The molecule has 0 aromatic carbocycles. The number of rotatable bonds is 9. The molecule has 40 heavy (non-hydrogen) atoms. The number of carboxylic acids is 1. The number of nitrogens with one attached hydrogen (secondary N) is 2. The second-order valence-corrected chi connectivity index (χ2v) is 13.3. The molecule has 4 aliphatic heterocycles. The van der Waals surface area contributed by atoms with Gasteiger partial charge in [0.25, 0.3) is 0 Å². The molecule has 0 aliphatic carbocycles. The fourth-order valence-corrected chi connectivity index (χ4v) is 7.91. The quantitative estimate of drug-likeness (QED) is 0.264. The number of carbonyl (C=O) groups is 4. The first-order valence-electron chi connectivity index (χ1n) is 13.6. The van der Waals surface area contributed by atoms with Crippen LogP contribution < -0.4 is 16.4 Å². The summed E-state index contributed by atoms with van der Waals surface area (Å²) in [6, 6.07) is -1.19. The van der Waals surface area contributed by atoms with E-state index in [-0.39, 0.29) is 64.7 Å². The number of carbonyl (C=O) groups excluding carboxylic acids is 3. The minimum atomic E-state index is -1.15.